The number of carbonyl (C=O) groups excluding carboxylic acids is 1. The second-order valence-electron chi connectivity index (χ2n) is 4.62. The largest absolute Gasteiger partial charge is 0.496 e. The van der Waals surface area contributed by atoms with E-state index < -0.39 is 5.82 Å². The lowest BCUT2D eigenvalue weighted by molar-refractivity contribution is 0.0630. The molecule has 1 aromatic rings. The second kappa shape index (κ2) is 6.24. The number of halogens is 2. The third-order valence-electron chi connectivity index (χ3n) is 3.48. The fourth-order valence-electron chi connectivity index (χ4n) is 2.45. The van der Waals surface area contributed by atoms with E-state index in [9.17, 15) is 9.18 Å². The standard InChI is InChI=1S/C14H17ClFNO2/c1-19-12-7-4-6-11(16)13(12)14(18)17-8-3-2-5-10(17)9-15/h4,6-7,10H,2-3,5,8-9H2,1H3. The monoisotopic (exact) mass is 285 g/mol. The molecular formula is C14H17ClFNO2. The first-order valence-corrected chi connectivity index (χ1v) is 6.92. The number of ether oxygens (including phenoxy) is 1. The molecule has 0 saturated carbocycles. The lowest BCUT2D eigenvalue weighted by atomic mass is 10.0. The second-order valence-corrected chi connectivity index (χ2v) is 4.93. The van der Waals surface area contributed by atoms with Crippen LogP contribution >= 0.6 is 11.6 Å². The quantitative estimate of drug-likeness (QED) is 0.799. The van der Waals surface area contributed by atoms with Crippen LogP contribution in [0, 0.1) is 5.82 Å². The number of nitrogens with zero attached hydrogens (tertiary/aromatic N) is 1. The summed E-state index contributed by atoms with van der Waals surface area (Å²) in [5, 5.41) is 0. The Balaban J connectivity index is 2.32. The molecule has 0 radical (unpaired) electrons. The molecule has 0 aromatic heterocycles. The van der Waals surface area contributed by atoms with Crippen LogP contribution in [0.5, 0.6) is 5.75 Å². The van der Waals surface area contributed by atoms with E-state index in [0.29, 0.717) is 12.4 Å². The molecule has 5 heteroatoms. The highest BCUT2D eigenvalue weighted by atomic mass is 35.5. The molecule has 1 fully saturated rings. The number of piperidine rings is 1. The summed E-state index contributed by atoms with van der Waals surface area (Å²) in [6.45, 7) is 0.619. The number of carbonyl (C=O) groups is 1. The molecule has 0 spiro atoms. The molecule has 1 amide bonds. The van der Waals surface area contributed by atoms with Gasteiger partial charge < -0.3 is 9.64 Å². The zero-order valence-electron chi connectivity index (χ0n) is 10.9. The van der Waals surface area contributed by atoms with E-state index in [1.807, 2.05) is 0 Å². The van der Waals surface area contributed by atoms with E-state index in [0.717, 1.165) is 19.3 Å². The first-order valence-electron chi connectivity index (χ1n) is 6.38. The Kier molecular flexibility index (Phi) is 4.64. The lowest BCUT2D eigenvalue weighted by Gasteiger charge is -2.35. The van der Waals surface area contributed by atoms with Crippen molar-refractivity contribution in [2.24, 2.45) is 0 Å². The number of hydrogen-bond acceptors (Lipinski definition) is 2. The van der Waals surface area contributed by atoms with Crippen molar-refractivity contribution in [3.63, 3.8) is 0 Å². The van der Waals surface area contributed by atoms with Crippen LogP contribution in [0.2, 0.25) is 0 Å². The van der Waals surface area contributed by atoms with E-state index in [4.69, 9.17) is 16.3 Å². The van der Waals surface area contributed by atoms with Gasteiger partial charge in [0.1, 0.15) is 17.1 Å². The molecule has 0 N–H and O–H groups in total. The van der Waals surface area contributed by atoms with Gasteiger partial charge in [-0.15, -0.1) is 11.6 Å². The lowest BCUT2D eigenvalue weighted by Crippen LogP contribution is -2.45. The van der Waals surface area contributed by atoms with Crippen LogP contribution in [0.4, 0.5) is 4.39 Å². The van der Waals surface area contributed by atoms with Crippen LogP contribution in [-0.4, -0.2) is 36.4 Å². The van der Waals surface area contributed by atoms with Gasteiger partial charge in [0.15, 0.2) is 0 Å². The summed E-state index contributed by atoms with van der Waals surface area (Å²) in [7, 11) is 1.43. The molecule has 2 rings (SSSR count). The Morgan fingerprint density at radius 3 is 3.00 bits per heavy atom. The molecule has 1 aliphatic rings. The SMILES string of the molecule is COc1cccc(F)c1C(=O)N1CCCCC1CCl. The Morgan fingerprint density at radius 1 is 1.53 bits per heavy atom. The minimum Gasteiger partial charge on any atom is -0.496 e. The van der Waals surface area contributed by atoms with Crippen LogP contribution in [0.15, 0.2) is 18.2 Å². The Labute approximate surface area is 117 Å². The molecule has 0 aliphatic carbocycles. The van der Waals surface area contributed by atoms with Crippen molar-refractivity contribution in [2.75, 3.05) is 19.5 Å². The molecule has 104 valence electrons. The number of likely N-dealkylation sites (tertiary alicyclic amines) is 1. The van der Waals surface area contributed by atoms with Gasteiger partial charge in [0.25, 0.3) is 5.91 Å². The maximum atomic E-state index is 13.9. The topological polar surface area (TPSA) is 29.5 Å². The van der Waals surface area contributed by atoms with Gasteiger partial charge in [-0.05, 0) is 31.4 Å². The van der Waals surface area contributed by atoms with Gasteiger partial charge in [-0.25, -0.2) is 4.39 Å². The van der Waals surface area contributed by atoms with Gasteiger partial charge in [-0.3, -0.25) is 4.79 Å². The van der Waals surface area contributed by atoms with Crippen molar-refractivity contribution in [1.82, 2.24) is 4.90 Å². The van der Waals surface area contributed by atoms with Gasteiger partial charge in [0, 0.05) is 18.5 Å². The first-order chi connectivity index (χ1) is 9.19. The van der Waals surface area contributed by atoms with Gasteiger partial charge in [-0.1, -0.05) is 6.07 Å². The third kappa shape index (κ3) is 2.84. The molecular weight excluding hydrogens is 269 g/mol. The molecule has 1 saturated heterocycles. The molecule has 1 atom stereocenters. The highest BCUT2D eigenvalue weighted by Crippen LogP contribution is 2.27. The maximum absolute atomic E-state index is 13.9. The van der Waals surface area contributed by atoms with Gasteiger partial charge in [0.2, 0.25) is 0 Å². The summed E-state index contributed by atoms with van der Waals surface area (Å²) in [6.07, 6.45) is 2.84. The molecule has 1 aliphatic heterocycles. The molecule has 19 heavy (non-hydrogen) atoms. The number of methoxy groups -OCH3 is 1. The Morgan fingerprint density at radius 2 is 2.32 bits per heavy atom. The van der Waals surface area contributed by atoms with Crippen LogP contribution in [-0.2, 0) is 0 Å². The van der Waals surface area contributed by atoms with Crippen molar-refractivity contribution in [3.05, 3.63) is 29.6 Å². The van der Waals surface area contributed by atoms with Crippen molar-refractivity contribution in [3.8, 4) is 5.75 Å². The van der Waals surface area contributed by atoms with E-state index in [1.54, 1.807) is 11.0 Å². The van der Waals surface area contributed by atoms with Crippen molar-refractivity contribution < 1.29 is 13.9 Å². The van der Waals surface area contributed by atoms with Crippen molar-refractivity contribution in [2.45, 2.75) is 25.3 Å². The fraction of sp³-hybridized carbons (Fsp3) is 0.500. The third-order valence-corrected chi connectivity index (χ3v) is 3.83. The minimum atomic E-state index is -0.553. The predicted octanol–water partition coefficient (Wildman–Crippen LogP) is 3.07. The average molecular weight is 286 g/mol. The predicted molar refractivity (Wildman–Crippen MR) is 72.3 cm³/mol. The smallest absolute Gasteiger partial charge is 0.260 e. The molecule has 3 nitrogen and oxygen atoms in total. The molecule has 1 heterocycles. The number of benzene rings is 1. The van der Waals surface area contributed by atoms with Crippen LogP contribution < -0.4 is 4.74 Å². The minimum absolute atomic E-state index is 0.00187. The van der Waals surface area contributed by atoms with Gasteiger partial charge >= 0.3 is 0 Å². The maximum Gasteiger partial charge on any atom is 0.260 e. The summed E-state index contributed by atoms with van der Waals surface area (Å²) in [5.74, 6) is -0.241. The highest BCUT2D eigenvalue weighted by molar-refractivity contribution is 6.18. The summed E-state index contributed by atoms with van der Waals surface area (Å²) in [5.41, 5.74) is 0.00187. The molecule has 1 unspecified atom stereocenters. The summed E-state index contributed by atoms with van der Waals surface area (Å²) < 4.78 is 19.0. The average Bonchev–Trinajstić information content (AvgIpc) is 2.46. The van der Waals surface area contributed by atoms with Crippen LogP contribution in [0.3, 0.4) is 0 Å². The number of rotatable bonds is 3. The number of hydrogen-bond donors (Lipinski definition) is 0. The Hall–Kier alpha value is -1.29. The molecule has 1 aromatic carbocycles. The summed E-state index contributed by atoms with van der Waals surface area (Å²) in [6, 6.07) is 4.37. The zero-order valence-corrected chi connectivity index (χ0v) is 11.6. The van der Waals surface area contributed by atoms with Gasteiger partial charge in [0.05, 0.1) is 7.11 Å². The fourth-order valence-corrected chi connectivity index (χ4v) is 2.77. The van der Waals surface area contributed by atoms with E-state index in [-0.39, 0.29) is 23.3 Å². The Bertz CT molecular complexity index is 467. The molecule has 0 bridgehead atoms. The van der Waals surface area contributed by atoms with Gasteiger partial charge in [-0.2, -0.15) is 0 Å². The normalized spacial score (nSPS) is 19.3. The number of amides is 1. The first kappa shape index (κ1) is 14.1. The van der Waals surface area contributed by atoms with Crippen LogP contribution in [0.25, 0.3) is 0 Å². The zero-order chi connectivity index (χ0) is 13.8. The highest BCUT2D eigenvalue weighted by Gasteiger charge is 2.30. The van der Waals surface area contributed by atoms with Crippen molar-refractivity contribution in [1.29, 1.82) is 0 Å². The van der Waals surface area contributed by atoms with E-state index in [2.05, 4.69) is 0 Å². The van der Waals surface area contributed by atoms with Crippen molar-refractivity contribution >= 4 is 17.5 Å². The number of alkyl halides is 1. The summed E-state index contributed by atoms with van der Waals surface area (Å²) >= 11 is 5.90. The van der Waals surface area contributed by atoms with E-state index >= 15 is 0 Å². The van der Waals surface area contributed by atoms with Crippen LogP contribution in [0.1, 0.15) is 29.6 Å². The van der Waals surface area contributed by atoms with E-state index in [1.165, 1.54) is 19.2 Å². The summed E-state index contributed by atoms with van der Waals surface area (Å²) in [4.78, 5) is 14.2.